The van der Waals surface area contributed by atoms with Gasteiger partial charge in [-0.15, -0.1) is 11.3 Å². The number of rotatable bonds is 4. The summed E-state index contributed by atoms with van der Waals surface area (Å²) in [6.45, 7) is 1.16. The molecule has 0 unspecified atom stereocenters. The van der Waals surface area contributed by atoms with Crippen molar-refractivity contribution in [2.75, 3.05) is 18.5 Å². The molecule has 1 aliphatic rings. The summed E-state index contributed by atoms with van der Waals surface area (Å²) in [4.78, 5) is 6.90. The third-order valence-electron chi connectivity index (χ3n) is 4.47. The molecule has 5 nitrogen and oxygen atoms in total. The Bertz CT molecular complexity index is 995. The fourth-order valence-corrected chi connectivity index (χ4v) is 5.15. The van der Waals surface area contributed by atoms with Gasteiger partial charge in [-0.1, -0.05) is 18.2 Å². The van der Waals surface area contributed by atoms with Crippen LogP contribution in [0.1, 0.15) is 17.0 Å². The Kier molecular flexibility index (Phi) is 4.23. The van der Waals surface area contributed by atoms with E-state index >= 15 is 0 Å². The van der Waals surface area contributed by atoms with E-state index in [2.05, 4.69) is 14.6 Å². The monoisotopic (exact) mass is 373 g/mol. The number of hydrogen-bond donors (Lipinski definition) is 1. The summed E-state index contributed by atoms with van der Waals surface area (Å²) < 4.78 is 29.1. The molecule has 1 aromatic heterocycles. The minimum atomic E-state index is -3.56. The van der Waals surface area contributed by atoms with Crippen LogP contribution < -0.4 is 9.62 Å². The molecular formula is C18H19N3O2S2. The predicted molar refractivity (Wildman–Crippen MR) is 102 cm³/mol. The standard InChI is InChI=1S/C18H19N3O2S2/c1-21-10-4-5-13-8-9-14(11-16(13)21)25(22,23)19-12-18-20-15-6-2-3-7-17(15)24-18/h2-3,6-9,11,19H,4-5,10,12H2,1H3. The van der Waals surface area contributed by atoms with Crippen LogP contribution in [0.25, 0.3) is 10.2 Å². The molecule has 3 aromatic rings. The molecular weight excluding hydrogens is 354 g/mol. The number of nitrogens with one attached hydrogen (secondary N) is 1. The fraction of sp³-hybridized carbons (Fsp3) is 0.278. The lowest BCUT2D eigenvalue weighted by Gasteiger charge is -2.27. The molecule has 0 spiro atoms. The third-order valence-corrected chi connectivity index (χ3v) is 6.90. The molecule has 0 fully saturated rings. The summed E-state index contributed by atoms with van der Waals surface area (Å²) in [6.07, 6.45) is 2.10. The minimum absolute atomic E-state index is 0.203. The van der Waals surface area contributed by atoms with E-state index in [-0.39, 0.29) is 6.54 Å². The number of fused-ring (bicyclic) bond motifs is 2. The highest BCUT2D eigenvalue weighted by Gasteiger charge is 2.20. The second-order valence-electron chi connectivity index (χ2n) is 6.22. The fourth-order valence-electron chi connectivity index (χ4n) is 3.14. The van der Waals surface area contributed by atoms with Crippen LogP contribution in [0.2, 0.25) is 0 Å². The number of nitrogens with zero attached hydrogens (tertiary/aromatic N) is 2. The molecule has 0 amide bonds. The highest BCUT2D eigenvalue weighted by molar-refractivity contribution is 7.89. The van der Waals surface area contributed by atoms with E-state index < -0.39 is 10.0 Å². The minimum Gasteiger partial charge on any atom is -0.374 e. The number of benzene rings is 2. The molecule has 0 radical (unpaired) electrons. The van der Waals surface area contributed by atoms with Crippen molar-refractivity contribution in [2.45, 2.75) is 24.3 Å². The average molecular weight is 374 g/mol. The van der Waals surface area contributed by atoms with Crippen molar-refractivity contribution in [3.63, 3.8) is 0 Å². The number of para-hydroxylation sites is 1. The average Bonchev–Trinajstić information content (AvgIpc) is 3.03. The zero-order valence-electron chi connectivity index (χ0n) is 13.9. The maximum atomic E-state index is 12.7. The van der Waals surface area contributed by atoms with E-state index in [1.165, 1.54) is 16.9 Å². The van der Waals surface area contributed by atoms with Crippen LogP contribution in [0, 0.1) is 0 Å². The van der Waals surface area contributed by atoms with Crippen molar-refractivity contribution in [1.29, 1.82) is 0 Å². The van der Waals surface area contributed by atoms with Gasteiger partial charge in [0.1, 0.15) is 5.01 Å². The SMILES string of the molecule is CN1CCCc2ccc(S(=O)(=O)NCc3nc4ccccc4s3)cc21. The molecule has 0 saturated carbocycles. The number of sulfonamides is 1. The van der Waals surface area contributed by atoms with E-state index in [4.69, 9.17) is 0 Å². The lowest BCUT2D eigenvalue weighted by atomic mass is 10.0. The van der Waals surface area contributed by atoms with E-state index in [9.17, 15) is 8.42 Å². The Balaban J connectivity index is 1.56. The second kappa shape index (κ2) is 6.40. The summed E-state index contributed by atoms with van der Waals surface area (Å²) in [5, 5.41) is 0.764. The first-order valence-electron chi connectivity index (χ1n) is 8.21. The zero-order chi connectivity index (χ0) is 17.4. The van der Waals surface area contributed by atoms with Gasteiger partial charge in [0.25, 0.3) is 0 Å². The molecule has 0 atom stereocenters. The Hall–Kier alpha value is -1.96. The van der Waals surface area contributed by atoms with Crippen molar-refractivity contribution in [1.82, 2.24) is 9.71 Å². The Morgan fingerprint density at radius 2 is 2.08 bits per heavy atom. The maximum absolute atomic E-state index is 12.7. The number of thiazole rings is 1. The van der Waals surface area contributed by atoms with Crippen LogP contribution in [0.3, 0.4) is 0 Å². The van der Waals surface area contributed by atoms with Crippen molar-refractivity contribution >= 4 is 37.3 Å². The predicted octanol–water partition coefficient (Wildman–Crippen LogP) is 3.16. The zero-order valence-corrected chi connectivity index (χ0v) is 15.5. The number of anilines is 1. The topological polar surface area (TPSA) is 62.3 Å². The van der Waals surface area contributed by atoms with Gasteiger partial charge in [0, 0.05) is 19.3 Å². The van der Waals surface area contributed by atoms with E-state index in [1.807, 2.05) is 37.4 Å². The molecule has 2 heterocycles. The van der Waals surface area contributed by atoms with Crippen molar-refractivity contribution < 1.29 is 8.42 Å². The molecule has 0 saturated heterocycles. The van der Waals surface area contributed by atoms with Gasteiger partial charge < -0.3 is 4.90 Å². The van der Waals surface area contributed by atoms with Gasteiger partial charge in [-0.25, -0.2) is 18.1 Å². The summed E-state index contributed by atoms with van der Waals surface area (Å²) in [5.74, 6) is 0. The van der Waals surface area contributed by atoms with Gasteiger partial charge in [-0.2, -0.15) is 0 Å². The molecule has 25 heavy (non-hydrogen) atoms. The Labute approximate surface area is 151 Å². The van der Waals surface area contributed by atoms with Crippen LogP contribution in [0.4, 0.5) is 5.69 Å². The van der Waals surface area contributed by atoms with Crippen molar-refractivity contribution in [3.8, 4) is 0 Å². The quantitative estimate of drug-likeness (QED) is 0.763. The second-order valence-corrected chi connectivity index (χ2v) is 9.10. The number of hydrogen-bond acceptors (Lipinski definition) is 5. The van der Waals surface area contributed by atoms with Gasteiger partial charge in [-0.05, 0) is 42.7 Å². The van der Waals surface area contributed by atoms with Gasteiger partial charge in [-0.3, -0.25) is 0 Å². The van der Waals surface area contributed by atoms with Crippen LogP contribution in [-0.4, -0.2) is 27.0 Å². The first kappa shape index (κ1) is 16.5. The summed E-state index contributed by atoms with van der Waals surface area (Å²) in [7, 11) is -1.56. The molecule has 0 aliphatic carbocycles. The first-order valence-corrected chi connectivity index (χ1v) is 10.5. The summed E-state index contributed by atoms with van der Waals surface area (Å²) in [6, 6.07) is 13.2. The number of aromatic nitrogens is 1. The van der Waals surface area contributed by atoms with E-state index in [1.54, 1.807) is 12.1 Å². The third kappa shape index (κ3) is 3.27. The van der Waals surface area contributed by atoms with Crippen LogP contribution in [-0.2, 0) is 23.0 Å². The van der Waals surface area contributed by atoms with E-state index in [0.717, 1.165) is 40.3 Å². The summed E-state index contributed by atoms with van der Waals surface area (Å²) >= 11 is 1.51. The summed E-state index contributed by atoms with van der Waals surface area (Å²) in [5.41, 5.74) is 3.12. The maximum Gasteiger partial charge on any atom is 0.241 e. The van der Waals surface area contributed by atoms with Crippen LogP contribution in [0.5, 0.6) is 0 Å². The van der Waals surface area contributed by atoms with Crippen molar-refractivity contribution in [3.05, 3.63) is 53.0 Å². The van der Waals surface area contributed by atoms with Gasteiger partial charge in [0.15, 0.2) is 0 Å². The van der Waals surface area contributed by atoms with E-state index in [0.29, 0.717) is 4.90 Å². The smallest absolute Gasteiger partial charge is 0.241 e. The molecule has 7 heteroatoms. The molecule has 4 rings (SSSR count). The molecule has 1 N–H and O–H groups in total. The molecule has 1 aliphatic heterocycles. The highest BCUT2D eigenvalue weighted by atomic mass is 32.2. The van der Waals surface area contributed by atoms with Crippen LogP contribution >= 0.6 is 11.3 Å². The Morgan fingerprint density at radius 3 is 2.92 bits per heavy atom. The molecule has 2 aromatic carbocycles. The lowest BCUT2D eigenvalue weighted by Crippen LogP contribution is -2.27. The van der Waals surface area contributed by atoms with Crippen molar-refractivity contribution in [2.24, 2.45) is 0 Å². The molecule has 130 valence electrons. The lowest BCUT2D eigenvalue weighted by molar-refractivity contribution is 0.581. The molecule has 0 bridgehead atoms. The van der Waals surface area contributed by atoms with Gasteiger partial charge in [0.05, 0.1) is 21.7 Å². The normalized spacial score (nSPS) is 14.7. The largest absolute Gasteiger partial charge is 0.374 e. The number of aryl methyl sites for hydroxylation is 1. The Morgan fingerprint density at radius 1 is 1.24 bits per heavy atom. The van der Waals surface area contributed by atoms with Gasteiger partial charge >= 0.3 is 0 Å². The highest BCUT2D eigenvalue weighted by Crippen LogP contribution is 2.29. The van der Waals surface area contributed by atoms with Crippen LogP contribution in [0.15, 0.2) is 47.4 Å². The first-order chi connectivity index (χ1) is 12.0. The van der Waals surface area contributed by atoms with Gasteiger partial charge in [0.2, 0.25) is 10.0 Å².